The van der Waals surface area contributed by atoms with Crippen molar-refractivity contribution in [2.75, 3.05) is 20.1 Å². The molecule has 1 N–H and O–H groups in total. The first-order chi connectivity index (χ1) is 12.5. The molecule has 0 spiro atoms. The second-order valence-corrected chi connectivity index (χ2v) is 7.26. The number of rotatable bonds is 5. The van der Waals surface area contributed by atoms with Gasteiger partial charge in [0.2, 0.25) is 5.91 Å². The van der Waals surface area contributed by atoms with Crippen LogP contribution in [-0.2, 0) is 11.3 Å². The normalized spacial score (nSPS) is 17.2. The zero-order valence-electron chi connectivity index (χ0n) is 15.7. The number of piperidine rings is 1. The van der Waals surface area contributed by atoms with E-state index in [9.17, 15) is 9.18 Å². The lowest BCUT2D eigenvalue weighted by atomic mass is 9.89. The number of hydrogen-bond acceptors (Lipinski definition) is 3. The fraction of sp³-hybridized carbons (Fsp3) is 0.500. The monoisotopic (exact) mass is 358 g/mol. The highest BCUT2D eigenvalue weighted by Gasteiger charge is 2.29. The molecule has 5 nitrogen and oxygen atoms in total. The summed E-state index contributed by atoms with van der Waals surface area (Å²) in [5.41, 5.74) is 3.25. The predicted molar refractivity (Wildman–Crippen MR) is 99.2 cm³/mol. The summed E-state index contributed by atoms with van der Waals surface area (Å²) in [5.74, 6) is 0.317. The minimum Gasteiger partial charge on any atom is -0.340 e. The zero-order valence-corrected chi connectivity index (χ0v) is 15.7. The van der Waals surface area contributed by atoms with Crippen molar-refractivity contribution in [1.82, 2.24) is 20.0 Å². The summed E-state index contributed by atoms with van der Waals surface area (Å²) in [4.78, 5) is 16.7. The molecule has 3 rings (SSSR count). The number of benzene rings is 1. The van der Waals surface area contributed by atoms with Gasteiger partial charge in [-0.05, 0) is 69.0 Å². The van der Waals surface area contributed by atoms with Crippen LogP contribution in [-0.4, -0.2) is 52.1 Å². The highest BCUT2D eigenvalue weighted by Crippen LogP contribution is 2.30. The van der Waals surface area contributed by atoms with Crippen molar-refractivity contribution >= 4 is 5.91 Å². The molecule has 1 aromatic carbocycles. The second-order valence-electron chi connectivity index (χ2n) is 7.26. The Morgan fingerprint density at radius 1 is 1.42 bits per heavy atom. The lowest BCUT2D eigenvalue weighted by Gasteiger charge is -2.36. The highest BCUT2D eigenvalue weighted by molar-refractivity contribution is 5.81. The van der Waals surface area contributed by atoms with Gasteiger partial charge in [0, 0.05) is 19.3 Å². The molecule has 1 amide bonds. The number of carbonyl (C=O) groups is 1. The maximum atomic E-state index is 13.3. The highest BCUT2D eigenvalue weighted by atomic mass is 19.1. The Balaban J connectivity index is 1.55. The molecule has 1 unspecified atom stereocenters. The van der Waals surface area contributed by atoms with Crippen molar-refractivity contribution in [3.05, 3.63) is 53.1 Å². The standard InChI is InChI=1S/C20H27FN4O/c1-14-19(12-22-23-14)17-7-9-25(10-8-17)15(2)20(26)24(3)13-16-5-4-6-18(21)11-16/h4-6,11-12,15,17H,7-10,13H2,1-3H3,(H,22,23). The molecule has 0 bridgehead atoms. The number of halogens is 1. The van der Waals surface area contributed by atoms with Gasteiger partial charge in [0.15, 0.2) is 0 Å². The van der Waals surface area contributed by atoms with E-state index in [1.807, 2.05) is 19.2 Å². The lowest BCUT2D eigenvalue weighted by Crippen LogP contribution is -2.48. The number of nitrogens with zero attached hydrogens (tertiary/aromatic N) is 3. The van der Waals surface area contributed by atoms with Crippen molar-refractivity contribution in [1.29, 1.82) is 0 Å². The number of likely N-dealkylation sites (tertiary alicyclic amines) is 1. The summed E-state index contributed by atoms with van der Waals surface area (Å²) in [7, 11) is 1.78. The van der Waals surface area contributed by atoms with Crippen LogP contribution >= 0.6 is 0 Å². The fourth-order valence-corrected chi connectivity index (χ4v) is 3.83. The van der Waals surface area contributed by atoms with Gasteiger partial charge in [-0.15, -0.1) is 0 Å². The third kappa shape index (κ3) is 4.12. The van der Waals surface area contributed by atoms with Crippen LogP contribution in [0.5, 0.6) is 0 Å². The molecule has 1 saturated heterocycles. The van der Waals surface area contributed by atoms with Crippen LogP contribution in [0.15, 0.2) is 30.5 Å². The van der Waals surface area contributed by atoms with Gasteiger partial charge in [-0.3, -0.25) is 14.8 Å². The zero-order chi connectivity index (χ0) is 18.7. The minimum atomic E-state index is -0.270. The SMILES string of the molecule is Cc1[nH]ncc1C1CCN(C(C)C(=O)N(C)Cc2cccc(F)c2)CC1. The molecular weight excluding hydrogens is 331 g/mol. The number of H-pyrrole nitrogens is 1. The number of aromatic nitrogens is 2. The van der Waals surface area contributed by atoms with E-state index in [-0.39, 0.29) is 17.8 Å². The van der Waals surface area contributed by atoms with E-state index in [1.54, 1.807) is 18.0 Å². The third-order valence-electron chi connectivity index (χ3n) is 5.43. The summed E-state index contributed by atoms with van der Waals surface area (Å²) < 4.78 is 13.3. The lowest BCUT2D eigenvalue weighted by molar-refractivity contribution is -0.136. The molecular formula is C20H27FN4O. The molecule has 140 valence electrons. The maximum Gasteiger partial charge on any atom is 0.239 e. The Labute approximate surface area is 154 Å². The van der Waals surface area contributed by atoms with Gasteiger partial charge in [0.1, 0.15) is 5.82 Å². The van der Waals surface area contributed by atoms with Gasteiger partial charge in [0.25, 0.3) is 0 Å². The number of amides is 1. The van der Waals surface area contributed by atoms with Gasteiger partial charge in [-0.1, -0.05) is 12.1 Å². The summed E-state index contributed by atoms with van der Waals surface area (Å²) >= 11 is 0. The van der Waals surface area contributed by atoms with Crippen molar-refractivity contribution in [3.8, 4) is 0 Å². The fourth-order valence-electron chi connectivity index (χ4n) is 3.83. The van der Waals surface area contributed by atoms with Crippen molar-refractivity contribution in [3.63, 3.8) is 0 Å². The number of likely N-dealkylation sites (N-methyl/N-ethyl adjacent to an activating group) is 1. The summed E-state index contributed by atoms with van der Waals surface area (Å²) in [6.07, 6.45) is 3.99. The largest absolute Gasteiger partial charge is 0.340 e. The molecule has 0 saturated carbocycles. The smallest absolute Gasteiger partial charge is 0.239 e. The van der Waals surface area contributed by atoms with Gasteiger partial charge in [-0.25, -0.2) is 4.39 Å². The third-order valence-corrected chi connectivity index (χ3v) is 5.43. The first kappa shape index (κ1) is 18.6. The first-order valence-electron chi connectivity index (χ1n) is 9.19. The Kier molecular flexibility index (Phi) is 5.71. The molecule has 0 radical (unpaired) electrons. The van der Waals surface area contributed by atoms with Crippen molar-refractivity contribution in [2.24, 2.45) is 0 Å². The van der Waals surface area contributed by atoms with Crippen molar-refractivity contribution in [2.45, 2.75) is 45.2 Å². The van der Waals surface area contributed by atoms with E-state index in [0.717, 1.165) is 37.2 Å². The van der Waals surface area contributed by atoms with Crippen LogP contribution in [0.2, 0.25) is 0 Å². The average molecular weight is 358 g/mol. The van der Waals surface area contributed by atoms with Crippen LogP contribution in [0.4, 0.5) is 4.39 Å². The van der Waals surface area contributed by atoms with E-state index < -0.39 is 0 Å². The number of nitrogens with one attached hydrogen (secondary N) is 1. The molecule has 1 atom stereocenters. The quantitative estimate of drug-likeness (QED) is 0.894. The van der Waals surface area contributed by atoms with Gasteiger partial charge < -0.3 is 4.90 Å². The van der Waals surface area contributed by atoms with E-state index in [4.69, 9.17) is 0 Å². The number of hydrogen-bond donors (Lipinski definition) is 1. The summed E-state index contributed by atoms with van der Waals surface area (Å²) in [6, 6.07) is 6.25. The van der Waals surface area contributed by atoms with Crippen molar-refractivity contribution < 1.29 is 9.18 Å². The molecule has 2 heterocycles. The molecule has 1 aliphatic rings. The molecule has 1 aliphatic heterocycles. The number of aryl methyl sites for hydroxylation is 1. The molecule has 2 aromatic rings. The molecule has 1 fully saturated rings. The van der Waals surface area contributed by atoms with Gasteiger partial charge in [0.05, 0.1) is 12.2 Å². The van der Waals surface area contributed by atoms with Crippen LogP contribution in [0, 0.1) is 12.7 Å². The van der Waals surface area contributed by atoms with Crippen LogP contribution < -0.4 is 0 Å². The number of aromatic amines is 1. The van der Waals surface area contributed by atoms with Crippen LogP contribution in [0.3, 0.4) is 0 Å². The summed E-state index contributed by atoms with van der Waals surface area (Å²) in [6.45, 7) is 6.24. The molecule has 0 aliphatic carbocycles. The van der Waals surface area contributed by atoms with Crippen LogP contribution in [0.25, 0.3) is 0 Å². The van der Waals surface area contributed by atoms with E-state index in [2.05, 4.69) is 22.0 Å². The van der Waals surface area contributed by atoms with E-state index in [1.165, 1.54) is 17.7 Å². The minimum absolute atomic E-state index is 0.0761. The Morgan fingerprint density at radius 2 is 2.15 bits per heavy atom. The second kappa shape index (κ2) is 7.99. The number of carbonyl (C=O) groups excluding carboxylic acids is 1. The Hall–Kier alpha value is -2.21. The van der Waals surface area contributed by atoms with Gasteiger partial charge >= 0.3 is 0 Å². The molecule has 6 heteroatoms. The van der Waals surface area contributed by atoms with Crippen LogP contribution in [0.1, 0.15) is 42.5 Å². The molecule has 1 aromatic heterocycles. The maximum absolute atomic E-state index is 13.3. The average Bonchev–Trinajstić information content (AvgIpc) is 3.06. The Bertz CT molecular complexity index is 752. The summed E-state index contributed by atoms with van der Waals surface area (Å²) in [5, 5.41) is 7.13. The van der Waals surface area contributed by atoms with E-state index >= 15 is 0 Å². The predicted octanol–water partition coefficient (Wildman–Crippen LogP) is 3.08. The first-order valence-corrected chi connectivity index (χ1v) is 9.19. The van der Waals surface area contributed by atoms with E-state index in [0.29, 0.717) is 12.5 Å². The topological polar surface area (TPSA) is 52.2 Å². The Morgan fingerprint density at radius 3 is 2.77 bits per heavy atom. The molecule has 26 heavy (non-hydrogen) atoms. The van der Waals surface area contributed by atoms with Gasteiger partial charge in [-0.2, -0.15) is 5.10 Å².